The molecule has 1 aliphatic heterocycles. The summed E-state index contributed by atoms with van der Waals surface area (Å²) in [6, 6.07) is 5.04. The van der Waals surface area contributed by atoms with E-state index in [-0.39, 0.29) is 11.9 Å². The van der Waals surface area contributed by atoms with Crippen LogP contribution in [0.1, 0.15) is 18.0 Å². The number of hydrogen-bond donors (Lipinski definition) is 1. The molecular weight excluding hydrogens is 275 g/mol. The topological polar surface area (TPSA) is 64.2 Å². The Labute approximate surface area is 120 Å². The second kappa shape index (κ2) is 5.58. The molecule has 0 spiro atoms. The summed E-state index contributed by atoms with van der Waals surface area (Å²) in [5.74, 6) is 0.645. The number of nitrogens with zero attached hydrogens (tertiary/aromatic N) is 3. The summed E-state index contributed by atoms with van der Waals surface area (Å²) in [5.41, 5.74) is 7.88. The average molecular weight is 288 g/mol. The van der Waals surface area contributed by atoms with Gasteiger partial charge in [0.1, 0.15) is 12.1 Å². The lowest BCUT2D eigenvalue weighted by atomic mass is 9.99. The standard InChI is InChI=1S/C14H13FN4S/c15-12-2-1-9(13-3-4-20-14(16)19-13)5-11(12)10-6-17-8-18-7-10/h1-2,5-8,13H,3-4H2,(H2,16,19). The largest absolute Gasteiger partial charge is 0.379 e. The number of thioether (sulfide) groups is 1. The van der Waals surface area contributed by atoms with E-state index in [2.05, 4.69) is 15.0 Å². The molecule has 2 N–H and O–H groups in total. The zero-order chi connectivity index (χ0) is 13.9. The van der Waals surface area contributed by atoms with Gasteiger partial charge in [0.05, 0.1) is 6.04 Å². The van der Waals surface area contributed by atoms with E-state index in [1.165, 1.54) is 12.4 Å². The van der Waals surface area contributed by atoms with Crippen molar-refractivity contribution in [1.82, 2.24) is 9.97 Å². The zero-order valence-electron chi connectivity index (χ0n) is 10.7. The number of aromatic nitrogens is 2. The Morgan fingerprint density at radius 2 is 2.05 bits per heavy atom. The molecule has 20 heavy (non-hydrogen) atoms. The van der Waals surface area contributed by atoms with E-state index in [4.69, 9.17) is 5.73 Å². The highest BCUT2D eigenvalue weighted by Gasteiger charge is 2.17. The van der Waals surface area contributed by atoms with Gasteiger partial charge in [-0.15, -0.1) is 0 Å². The van der Waals surface area contributed by atoms with Crippen LogP contribution in [0.15, 0.2) is 41.9 Å². The summed E-state index contributed by atoms with van der Waals surface area (Å²) in [6.07, 6.45) is 5.53. The molecule has 0 amide bonds. The van der Waals surface area contributed by atoms with Crippen molar-refractivity contribution in [3.8, 4) is 11.1 Å². The van der Waals surface area contributed by atoms with E-state index in [1.807, 2.05) is 6.07 Å². The van der Waals surface area contributed by atoms with Crippen molar-refractivity contribution in [3.63, 3.8) is 0 Å². The number of benzene rings is 1. The second-order valence-electron chi connectivity index (χ2n) is 4.49. The first-order chi connectivity index (χ1) is 9.74. The molecule has 1 atom stereocenters. The fourth-order valence-corrected chi connectivity index (χ4v) is 2.93. The first kappa shape index (κ1) is 13.1. The molecule has 0 saturated carbocycles. The molecule has 4 nitrogen and oxygen atoms in total. The van der Waals surface area contributed by atoms with Crippen molar-refractivity contribution in [2.24, 2.45) is 10.7 Å². The van der Waals surface area contributed by atoms with Crippen LogP contribution in [0.4, 0.5) is 4.39 Å². The molecular formula is C14H13FN4S. The van der Waals surface area contributed by atoms with Gasteiger partial charge in [-0.25, -0.2) is 14.4 Å². The highest BCUT2D eigenvalue weighted by atomic mass is 32.2. The molecule has 6 heteroatoms. The minimum Gasteiger partial charge on any atom is -0.379 e. The smallest absolute Gasteiger partial charge is 0.154 e. The van der Waals surface area contributed by atoms with Gasteiger partial charge in [0.15, 0.2) is 5.17 Å². The molecule has 1 unspecified atom stereocenters. The molecule has 3 rings (SSSR count). The number of hydrogen-bond acceptors (Lipinski definition) is 5. The van der Waals surface area contributed by atoms with Gasteiger partial charge in [-0.1, -0.05) is 17.8 Å². The predicted molar refractivity (Wildman–Crippen MR) is 78.9 cm³/mol. The van der Waals surface area contributed by atoms with Gasteiger partial charge in [-0.2, -0.15) is 0 Å². The van der Waals surface area contributed by atoms with Crippen molar-refractivity contribution in [3.05, 3.63) is 48.3 Å². The maximum atomic E-state index is 14.0. The van der Waals surface area contributed by atoms with Crippen LogP contribution in [-0.4, -0.2) is 20.9 Å². The fraction of sp³-hybridized carbons (Fsp3) is 0.214. The molecule has 0 bridgehead atoms. The highest BCUT2D eigenvalue weighted by Crippen LogP contribution is 2.31. The van der Waals surface area contributed by atoms with Crippen LogP contribution in [-0.2, 0) is 0 Å². The molecule has 0 fully saturated rings. The van der Waals surface area contributed by atoms with Gasteiger partial charge >= 0.3 is 0 Å². The zero-order valence-corrected chi connectivity index (χ0v) is 11.5. The van der Waals surface area contributed by atoms with Crippen molar-refractivity contribution in [1.29, 1.82) is 0 Å². The van der Waals surface area contributed by atoms with Crippen LogP contribution >= 0.6 is 11.8 Å². The Balaban J connectivity index is 2.01. The first-order valence-electron chi connectivity index (χ1n) is 6.25. The fourth-order valence-electron chi connectivity index (χ4n) is 2.18. The summed E-state index contributed by atoms with van der Waals surface area (Å²) in [5, 5.41) is 0.593. The summed E-state index contributed by atoms with van der Waals surface area (Å²) in [6.45, 7) is 0. The average Bonchev–Trinajstić information content (AvgIpc) is 2.48. The van der Waals surface area contributed by atoms with Crippen LogP contribution < -0.4 is 5.73 Å². The van der Waals surface area contributed by atoms with E-state index in [0.29, 0.717) is 16.3 Å². The van der Waals surface area contributed by atoms with E-state index in [9.17, 15) is 4.39 Å². The van der Waals surface area contributed by atoms with Gasteiger partial charge in [0.2, 0.25) is 0 Å². The van der Waals surface area contributed by atoms with Crippen molar-refractivity contribution >= 4 is 16.9 Å². The number of halogens is 1. The number of aliphatic imine (C=N–C) groups is 1. The molecule has 1 aromatic heterocycles. The Morgan fingerprint density at radius 1 is 1.25 bits per heavy atom. The molecule has 2 heterocycles. The molecule has 0 aliphatic carbocycles. The summed E-state index contributed by atoms with van der Waals surface area (Å²) < 4.78 is 14.0. The van der Waals surface area contributed by atoms with E-state index in [1.54, 1.807) is 30.2 Å². The van der Waals surface area contributed by atoms with Crippen molar-refractivity contribution in [2.45, 2.75) is 12.5 Å². The van der Waals surface area contributed by atoms with E-state index >= 15 is 0 Å². The highest BCUT2D eigenvalue weighted by molar-refractivity contribution is 8.13. The van der Waals surface area contributed by atoms with Gasteiger partial charge in [0, 0.05) is 29.3 Å². The molecule has 2 aromatic rings. The maximum Gasteiger partial charge on any atom is 0.154 e. The van der Waals surface area contributed by atoms with E-state index < -0.39 is 0 Å². The summed E-state index contributed by atoms with van der Waals surface area (Å²) >= 11 is 1.55. The van der Waals surface area contributed by atoms with Gasteiger partial charge < -0.3 is 5.73 Å². The lowest BCUT2D eigenvalue weighted by Gasteiger charge is -2.19. The molecule has 0 radical (unpaired) electrons. The molecule has 1 aliphatic rings. The number of amidine groups is 1. The summed E-state index contributed by atoms with van der Waals surface area (Å²) in [4.78, 5) is 12.3. The third-order valence-corrected chi connectivity index (χ3v) is 4.01. The SMILES string of the molecule is NC1=NC(c2ccc(F)c(-c3cncnc3)c2)CCS1. The van der Waals surface area contributed by atoms with Gasteiger partial charge in [-0.3, -0.25) is 4.99 Å². The predicted octanol–water partition coefficient (Wildman–Crippen LogP) is 2.78. The minimum absolute atomic E-state index is 0.000214. The number of rotatable bonds is 2. The lowest BCUT2D eigenvalue weighted by molar-refractivity contribution is 0.627. The Hall–Kier alpha value is -1.95. The molecule has 1 aromatic carbocycles. The monoisotopic (exact) mass is 288 g/mol. The Kier molecular flexibility index (Phi) is 3.64. The summed E-state index contributed by atoms with van der Waals surface area (Å²) in [7, 11) is 0. The van der Waals surface area contributed by atoms with Crippen molar-refractivity contribution in [2.75, 3.05) is 5.75 Å². The molecule has 0 saturated heterocycles. The normalized spacial score (nSPS) is 18.6. The second-order valence-corrected chi connectivity index (χ2v) is 5.60. The van der Waals surface area contributed by atoms with E-state index in [0.717, 1.165) is 17.7 Å². The maximum absolute atomic E-state index is 14.0. The van der Waals surface area contributed by atoms with Crippen molar-refractivity contribution < 1.29 is 4.39 Å². The molecule has 102 valence electrons. The number of nitrogens with two attached hydrogens (primary N) is 1. The van der Waals surface area contributed by atoms with Crippen LogP contribution in [0.5, 0.6) is 0 Å². The van der Waals surface area contributed by atoms with Gasteiger partial charge in [0.25, 0.3) is 0 Å². The Morgan fingerprint density at radius 3 is 2.80 bits per heavy atom. The van der Waals surface area contributed by atoms with Gasteiger partial charge in [-0.05, 0) is 24.1 Å². The lowest BCUT2D eigenvalue weighted by Crippen LogP contribution is -2.15. The van der Waals surface area contributed by atoms with Crippen LogP contribution in [0.3, 0.4) is 0 Å². The minimum atomic E-state index is -0.286. The van der Waals surface area contributed by atoms with Crippen LogP contribution in [0, 0.1) is 5.82 Å². The Bertz CT molecular complexity index is 645. The van der Waals surface area contributed by atoms with Crippen LogP contribution in [0.25, 0.3) is 11.1 Å². The van der Waals surface area contributed by atoms with Crippen LogP contribution in [0.2, 0.25) is 0 Å². The first-order valence-corrected chi connectivity index (χ1v) is 7.23. The third-order valence-electron chi connectivity index (χ3n) is 3.17. The third kappa shape index (κ3) is 2.65. The quantitative estimate of drug-likeness (QED) is 0.923.